The number of non-ortho nitro benzene ring substituents is 1. The Morgan fingerprint density at radius 2 is 2.10 bits per heavy atom. The van der Waals surface area contributed by atoms with E-state index in [9.17, 15) is 14.9 Å². The lowest BCUT2D eigenvalue weighted by Crippen LogP contribution is -2.16. The molecule has 0 aliphatic heterocycles. The number of methoxy groups -OCH3 is 1. The summed E-state index contributed by atoms with van der Waals surface area (Å²) in [4.78, 5) is 22.4. The summed E-state index contributed by atoms with van der Waals surface area (Å²) in [6, 6.07) is 12.9. The summed E-state index contributed by atoms with van der Waals surface area (Å²) >= 11 is 1.10. The van der Waals surface area contributed by atoms with E-state index >= 15 is 0 Å². The first kappa shape index (κ1) is 21.6. The molecule has 0 atom stereocenters. The van der Waals surface area contributed by atoms with E-state index in [0.717, 1.165) is 16.4 Å². The number of nitrogens with one attached hydrogen (secondary N) is 2. The Hall–Kier alpha value is -4.13. The minimum absolute atomic E-state index is 0.0439. The van der Waals surface area contributed by atoms with Gasteiger partial charge >= 0.3 is 0 Å². The van der Waals surface area contributed by atoms with E-state index in [4.69, 9.17) is 10.6 Å². The number of nitrogen functional groups attached to an aromatic ring is 1. The molecule has 0 saturated heterocycles. The van der Waals surface area contributed by atoms with E-state index in [0.29, 0.717) is 22.2 Å². The predicted molar refractivity (Wildman–Crippen MR) is 117 cm³/mol. The number of hydrazone groups is 1. The third-order valence-corrected chi connectivity index (χ3v) is 4.77. The summed E-state index contributed by atoms with van der Waals surface area (Å²) in [5, 5.41) is 25.6. The average molecular weight is 442 g/mol. The van der Waals surface area contributed by atoms with Gasteiger partial charge in [-0.3, -0.25) is 14.9 Å². The molecule has 1 heterocycles. The van der Waals surface area contributed by atoms with Crippen LogP contribution in [0.5, 0.6) is 5.75 Å². The van der Waals surface area contributed by atoms with Gasteiger partial charge in [0.2, 0.25) is 11.1 Å². The van der Waals surface area contributed by atoms with Crippen LogP contribution in [-0.2, 0) is 4.79 Å². The van der Waals surface area contributed by atoms with Crippen molar-refractivity contribution in [3.63, 3.8) is 0 Å². The highest BCUT2D eigenvalue weighted by Crippen LogP contribution is 2.19. The fourth-order valence-corrected chi connectivity index (χ4v) is 2.99. The summed E-state index contributed by atoms with van der Waals surface area (Å²) in [5.74, 6) is 6.58. The third-order valence-electron chi connectivity index (χ3n) is 3.83. The Morgan fingerprint density at radius 1 is 1.32 bits per heavy atom. The Bertz CT molecular complexity index is 1100. The molecular formula is C18H18N8O4S. The molecule has 0 bridgehead atoms. The molecule has 13 heteroatoms. The van der Waals surface area contributed by atoms with Gasteiger partial charge in [0.05, 0.1) is 24.0 Å². The maximum absolute atomic E-state index is 12.1. The van der Waals surface area contributed by atoms with Crippen molar-refractivity contribution in [1.29, 1.82) is 0 Å². The van der Waals surface area contributed by atoms with Gasteiger partial charge in [0.15, 0.2) is 0 Å². The molecule has 0 radical (unpaired) electrons. The topological polar surface area (TPSA) is 163 Å². The van der Waals surface area contributed by atoms with E-state index < -0.39 is 4.92 Å². The van der Waals surface area contributed by atoms with Gasteiger partial charge in [0.1, 0.15) is 5.75 Å². The minimum atomic E-state index is -0.491. The number of aromatic nitrogens is 3. The average Bonchev–Trinajstić information content (AvgIpc) is 3.12. The van der Waals surface area contributed by atoms with E-state index in [1.807, 2.05) is 0 Å². The van der Waals surface area contributed by atoms with Gasteiger partial charge in [0, 0.05) is 23.4 Å². The molecule has 0 saturated carbocycles. The fraction of sp³-hybridized carbons (Fsp3) is 0.111. The molecule has 3 rings (SSSR count). The van der Waals surface area contributed by atoms with E-state index in [-0.39, 0.29) is 23.3 Å². The summed E-state index contributed by atoms with van der Waals surface area (Å²) < 4.78 is 6.22. The minimum Gasteiger partial charge on any atom is -0.497 e. The standard InChI is InChI=1S/C18H18N8O4S/c1-30-15-7-5-13(6-8-15)21-16(27)11-31-18-24-23-17(25(18)19)22-20-10-12-3-2-4-14(9-12)26(28)29/h2-10H,11,19H2,1H3,(H,21,27)(H,22,23)/b20-10+. The molecule has 3 aromatic rings. The van der Waals surface area contributed by atoms with Crippen molar-refractivity contribution < 1.29 is 14.5 Å². The summed E-state index contributed by atoms with van der Waals surface area (Å²) in [6.45, 7) is 0. The number of nitrogens with two attached hydrogens (primary N) is 1. The number of nitrogens with zero attached hydrogens (tertiary/aromatic N) is 5. The number of carbonyl (C=O) groups excluding carboxylic acids is 1. The first-order chi connectivity index (χ1) is 15.0. The molecule has 1 aromatic heterocycles. The zero-order valence-electron chi connectivity index (χ0n) is 16.3. The van der Waals surface area contributed by atoms with Crippen molar-refractivity contribution in [3.8, 4) is 5.75 Å². The van der Waals surface area contributed by atoms with Gasteiger partial charge in [-0.15, -0.1) is 10.2 Å². The van der Waals surface area contributed by atoms with Gasteiger partial charge in [0.25, 0.3) is 11.6 Å². The number of thioether (sulfide) groups is 1. The number of hydrogen-bond donors (Lipinski definition) is 3. The molecular weight excluding hydrogens is 424 g/mol. The zero-order chi connectivity index (χ0) is 22.2. The third kappa shape index (κ3) is 5.93. The normalized spacial score (nSPS) is 10.7. The van der Waals surface area contributed by atoms with Crippen molar-refractivity contribution in [2.75, 3.05) is 29.4 Å². The van der Waals surface area contributed by atoms with Crippen LogP contribution in [0.1, 0.15) is 5.56 Å². The largest absolute Gasteiger partial charge is 0.497 e. The van der Waals surface area contributed by atoms with Gasteiger partial charge in [-0.1, -0.05) is 23.9 Å². The Balaban J connectivity index is 1.53. The van der Waals surface area contributed by atoms with Crippen LogP contribution in [0.4, 0.5) is 17.3 Å². The first-order valence-electron chi connectivity index (χ1n) is 8.77. The van der Waals surface area contributed by atoms with E-state index in [2.05, 4.69) is 26.0 Å². The molecule has 0 unspecified atom stereocenters. The summed E-state index contributed by atoms with van der Waals surface area (Å²) in [7, 11) is 1.56. The number of nitro groups is 1. The molecule has 2 aromatic carbocycles. The number of amides is 1. The molecule has 4 N–H and O–H groups in total. The molecule has 31 heavy (non-hydrogen) atoms. The lowest BCUT2D eigenvalue weighted by Gasteiger charge is -2.06. The number of ether oxygens (including phenoxy) is 1. The highest BCUT2D eigenvalue weighted by molar-refractivity contribution is 7.99. The second-order valence-electron chi connectivity index (χ2n) is 5.96. The summed E-state index contributed by atoms with van der Waals surface area (Å²) in [5.41, 5.74) is 3.72. The lowest BCUT2D eigenvalue weighted by molar-refractivity contribution is -0.384. The Morgan fingerprint density at radius 3 is 2.81 bits per heavy atom. The highest BCUT2D eigenvalue weighted by atomic mass is 32.2. The molecule has 12 nitrogen and oxygen atoms in total. The lowest BCUT2D eigenvalue weighted by atomic mass is 10.2. The van der Waals surface area contributed by atoms with Crippen molar-refractivity contribution in [2.45, 2.75) is 5.16 Å². The monoisotopic (exact) mass is 442 g/mol. The Labute approximate surface area is 180 Å². The van der Waals surface area contributed by atoms with Gasteiger partial charge in [-0.2, -0.15) is 5.10 Å². The van der Waals surface area contributed by atoms with Crippen molar-refractivity contribution in [3.05, 3.63) is 64.2 Å². The van der Waals surface area contributed by atoms with Gasteiger partial charge in [-0.25, -0.2) is 10.1 Å². The molecule has 160 valence electrons. The van der Waals surface area contributed by atoms with E-state index in [1.165, 1.54) is 18.3 Å². The predicted octanol–water partition coefficient (Wildman–Crippen LogP) is 2.09. The number of nitro benzene ring substituents is 1. The van der Waals surface area contributed by atoms with Crippen molar-refractivity contribution in [1.82, 2.24) is 14.9 Å². The molecule has 0 aliphatic carbocycles. The number of benzene rings is 2. The van der Waals surface area contributed by atoms with Crippen LogP contribution in [0.25, 0.3) is 0 Å². The quantitative estimate of drug-likeness (QED) is 0.148. The van der Waals surface area contributed by atoms with Crippen molar-refractivity contribution in [2.24, 2.45) is 5.10 Å². The van der Waals surface area contributed by atoms with Crippen LogP contribution < -0.4 is 21.3 Å². The molecule has 0 spiro atoms. The van der Waals surface area contributed by atoms with Crippen LogP contribution in [0.15, 0.2) is 58.8 Å². The zero-order valence-corrected chi connectivity index (χ0v) is 17.1. The smallest absolute Gasteiger partial charge is 0.270 e. The van der Waals surface area contributed by atoms with Gasteiger partial charge in [-0.05, 0) is 24.3 Å². The van der Waals surface area contributed by atoms with Crippen LogP contribution >= 0.6 is 11.8 Å². The second kappa shape index (κ2) is 10.1. The SMILES string of the molecule is COc1ccc(NC(=O)CSc2nnc(N/N=C/c3cccc([N+](=O)[O-])c3)n2N)cc1. The maximum Gasteiger partial charge on any atom is 0.270 e. The molecule has 1 amide bonds. The van der Waals surface area contributed by atoms with Crippen LogP contribution in [0.3, 0.4) is 0 Å². The number of carbonyl (C=O) groups is 1. The Kier molecular flexibility index (Phi) is 7.01. The van der Waals surface area contributed by atoms with E-state index in [1.54, 1.807) is 43.5 Å². The first-order valence-corrected chi connectivity index (χ1v) is 9.75. The van der Waals surface area contributed by atoms with Crippen LogP contribution in [0.2, 0.25) is 0 Å². The fourth-order valence-electron chi connectivity index (χ4n) is 2.34. The summed E-state index contributed by atoms with van der Waals surface area (Å²) in [6.07, 6.45) is 1.39. The maximum atomic E-state index is 12.1. The van der Waals surface area contributed by atoms with Crippen molar-refractivity contribution >= 4 is 41.2 Å². The van der Waals surface area contributed by atoms with Gasteiger partial charge < -0.3 is 15.9 Å². The second-order valence-corrected chi connectivity index (χ2v) is 6.91. The van der Waals surface area contributed by atoms with Crippen LogP contribution in [0, 0.1) is 10.1 Å². The highest BCUT2D eigenvalue weighted by Gasteiger charge is 2.12. The molecule has 0 fully saturated rings. The number of anilines is 2. The number of hydrogen-bond acceptors (Lipinski definition) is 10. The molecule has 0 aliphatic rings. The van der Waals surface area contributed by atoms with Crippen LogP contribution in [-0.4, -0.2) is 44.8 Å². The number of rotatable bonds is 9.